The highest BCUT2D eigenvalue weighted by Gasteiger charge is 2.23. The Kier molecular flexibility index (Phi) is 5.14. The topological polar surface area (TPSA) is 75.6 Å². The van der Waals surface area contributed by atoms with Crippen LogP contribution in [-0.2, 0) is 9.59 Å². The molecule has 0 spiro atoms. The molecule has 2 rings (SSSR count). The van der Waals surface area contributed by atoms with Gasteiger partial charge >= 0.3 is 5.97 Å². The molecule has 2 aromatic rings. The van der Waals surface area contributed by atoms with Gasteiger partial charge in [-0.25, -0.2) is 0 Å². The molecule has 1 atom stereocenters. The summed E-state index contributed by atoms with van der Waals surface area (Å²) in [5.74, 6) is -1.75. The number of nitrogens with one attached hydrogen (secondary N) is 1. The number of amides is 1. The highest BCUT2D eigenvalue weighted by atomic mass is 16.5. The molecule has 0 bridgehead atoms. The number of carboxylic acid groups (broad SMARTS) is 1. The van der Waals surface area contributed by atoms with Crippen LogP contribution in [0, 0.1) is 0 Å². The Morgan fingerprint density at radius 3 is 2.36 bits per heavy atom. The smallest absolute Gasteiger partial charge is 0.311 e. The van der Waals surface area contributed by atoms with E-state index >= 15 is 0 Å². The summed E-state index contributed by atoms with van der Waals surface area (Å²) in [4.78, 5) is 23.5. The van der Waals surface area contributed by atoms with E-state index in [4.69, 9.17) is 4.74 Å². The number of hydrogen-bond donors (Lipinski definition) is 2. The van der Waals surface area contributed by atoms with Crippen molar-refractivity contribution in [1.82, 2.24) is 0 Å². The van der Waals surface area contributed by atoms with Gasteiger partial charge < -0.3 is 15.2 Å². The Morgan fingerprint density at radius 1 is 1.09 bits per heavy atom. The van der Waals surface area contributed by atoms with E-state index in [1.54, 1.807) is 54.6 Å². The average molecular weight is 299 g/mol. The van der Waals surface area contributed by atoms with Gasteiger partial charge in [0, 0.05) is 6.42 Å². The maximum atomic E-state index is 12.1. The Labute approximate surface area is 128 Å². The molecule has 0 saturated heterocycles. The summed E-state index contributed by atoms with van der Waals surface area (Å²) in [5.41, 5.74) is 1.12. The second-order valence-electron chi connectivity index (χ2n) is 4.75. The van der Waals surface area contributed by atoms with Gasteiger partial charge in [-0.05, 0) is 17.7 Å². The molecule has 0 unspecified atom stereocenters. The van der Waals surface area contributed by atoms with Gasteiger partial charge in [-0.3, -0.25) is 9.59 Å². The minimum absolute atomic E-state index is 0.141. The largest absolute Gasteiger partial charge is 0.495 e. The molecule has 0 aliphatic rings. The van der Waals surface area contributed by atoms with Crippen molar-refractivity contribution < 1.29 is 19.4 Å². The molecular weight excluding hydrogens is 282 g/mol. The number of rotatable bonds is 6. The predicted molar refractivity (Wildman–Crippen MR) is 83.1 cm³/mol. The van der Waals surface area contributed by atoms with Crippen molar-refractivity contribution in [2.45, 2.75) is 12.3 Å². The van der Waals surface area contributed by atoms with Crippen LogP contribution >= 0.6 is 0 Å². The van der Waals surface area contributed by atoms with Crippen LogP contribution in [0.15, 0.2) is 54.6 Å². The summed E-state index contributed by atoms with van der Waals surface area (Å²) in [6.07, 6.45) is -0.141. The first-order valence-corrected chi connectivity index (χ1v) is 6.82. The third kappa shape index (κ3) is 3.85. The standard InChI is InChI=1S/C17H17NO4/c1-22-15-10-6-5-9-14(15)18-16(19)11-13(17(20)21)12-7-3-2-4-8-12/h2-10,13H,11H2,1H3,(H,18,19)(H,20,21)/t13-/m0/s1. The van der Waals surface area contributed by atoms with E-state index in [0.29, 0.717) is 17.0 Å². The molecule has 0 aliphatic carbocycles. The average Bonchev–Trinajstić information content (AvgIpc) is 2.53. The SMILES string of the molecule is COc1ccccc1NC(=O)C[C@H](C(=O)O)c1ccccc1. The van der Waals surface area contributed by atoms with E-state index in [9.17, 15) is 14.7 Å². The first-order chi connectivity index (χ1) is 10.6. The van der Waals surface area contributed by atoms with Crippen LogP contribution in [0.25, 0.3) is 0 Å². The van der Waals surface area contributed by atoms with Gasteiger partial charge in [0.25, 0.3) is 0 Å². The lowest BCUT2D eigenvalue weighted by atomic mass is 9.95. The Balaban J connectivity index is 2.11. The summed E-state index contributed by atoms with van der Waals surface area (Å²) >= 11 is 0. The maximum Gasteiger partial charge on any atom is 0.311 e. The highest BCUT2D eigenvalue weighted by molar-refractivity contribution is 5.95. The van der Waals surface area contributed by atoms with Crippen molar-refractivity contribution >= 4 is 17.6 Å². The molecule has 0 aromatic heterocycles. The van der Waals surface area contributed by atoms with Crippen molar-refractivity contribution in [2.24, 2.45) is 0 Å². The summed E-state index contributed by atoms with van der Waals surface area (Å²) in [7, 11) is 1.51. The van der Waals surface area contributed by atoms with E-state index < -0.39 is 11.9 Å². The van der Waals surface area contributed by atoms with Gasteiger partial charge in [-0.2, -0.15) is 0 Å². The molecule has 2 aromatic carbocycles. The number of hydrogen-bond acceptors (Lipinski definition) is 3. The van der Waals surface area contributed by atoms with Crippen molar-refractivity contribution in [3.05, 3.63) is 60.2 Å². The molecule has 5 heteroatoms. The lowest BCUT2D eigenvalue weighted by molar-refractivity contribution is -0.140. The number of methoxy groups -OCH3 is 1. The molecule has 0 radical (unpaired) electrons. The van der Waals surface area contributed by atoms with Crippen LogP contribution in [0.1, 0.15) is 17.9 Å². The zero-order valence-corrected chi connectivity index (χ0v) is 12.2. The number of anilines is 1. The molecule has 1 amide bonds. The van der Waals surface area contributed by atoms with Gasteiger partial charge in [0.2, 0.25) is 5.91 Å². The first-order valence-electron chi connectivity index (χ1n) is 6.82. The molecule has 0 aliphatic heterocycles. The number of para-hydroxylation sites is 2. The van der Waals surface area contributed by atoms with Crippen molar-refractivity contribution in [2.75, 3.05) is 12.4 Å². The van der Waals surface area contributed by atoms with E-state index in [-0.39, 0.29) is 12.3 Å². The van der Waals surface area contributed by atoms with Gasteiger partial charge in [0.1, 0.15) is 5.75 Å². The fourth-order valence-electron chi connectivity index (χ4n) is 2.17. The number of aliphatic carboxylic acids is 1. The number of ether oxygens (including phenoxy) is 1. The lowest BCUT2D eigenvalue weighted by Crippen LogP contribution is -2.21. The minimum atomic E-state index is -1.03. The number of carboxylic acids is 1. The maximum absolute atomic E-state index is 12.1. The second kappa shape index (κ2) is 7.26. The van der Waals surface area contributed by atoms with Crippen LogP contribution in [0.5, 0.6) is 5.75 Å². The fraction of sp³-hybridized carbons (Fsp3) is 0.176. The summed E-state index contributed by atoms with van der Waals surface area (Å²) in [5, 5.41) is 12.0. The Bertz CT molecular complexity index is 655. The van der Waals surface area contributed by atoms with E-state index in [1.165, 1.54) is 7.11 Å². The lowest BCUT2D eigenvalue weighted by Gasteiger charge is -2.14. The van der Waals surface area contributed by atoms with Crippen LogP contribution < -0.4 is 10.1 Å². The number of carbonyl (C=O) groups is 2. The normalized spacial score (nSPS) is 11.5. The molecular formula is C17H17NO4. The van der Waals surface area contributed by atoms with Gasteiger partial charge in [0.15, 0.2) is 0 Å². The summed E-state index contributed by atoms with van der Waals surface area (Å²) in [6, 6.07) is 15.7. The van der Waals surface area contributed by atoms with Crippen LogP contribution in [-0.4, -0.2) is 24.1 Å². The van der Waals surface area contributed by atoms with E-state index in [2.05, 4.69) is 5.32 Å². The molecule has 22 heavy (non-hydrogen) atoms. The monoisotopic (exact) mass is 299 g/mol. The van der Waals surface area contributed by atoms with Gasteiger partial charge in [0.05, 0.1) is 18.7 Å². The highest BCUT2D eigenvalue weighted by Crippen LogP contribution is 2.25. The van der Waals surface area contributed by atoms with Crippen molar-refractivity contribution in [3.63, 3.8) is 0 Å². The summed E-state index contributed by atoms with van der Waals surface area (Å²) < 4.78 is 5.15. The van der Waals surface area contributed by atoms with Crippen molar-refractivity contribution in [3.8, 4) is 5.75 Å². The van der Waals surface area contributed by atoms with Gasteiger partial charge in [-0.1, -0.05) is 42.5 Å². The quantitative estimate of drug-likeness (QED) is 0.860. The predicted octanol–water partition coefficient (Wildman–Crippen LogP) is 2.89. The third-order valence-corrected chi connectivity index (χ3v) is 3.27. The van der Waals surface area contributed by atoms with Crippen LogP contribution in [0.4, 0.5) is 5.69 Å². The minimum Gasteiger partial charge on any atom is -0.495 e. The first kappa shape index (κ1) is 15.6. The summed E-state index contributed by atoms with van der Waals surface area (Å²) in [6.45, 7) is 0. The molecule has 0 saturated carbocycles. The zero-order chi connectivity index (χ0) is 15.9. The second-order valence-corrected chi connectivity index (χ2v) is 4.75. The Morgan fingerprint density at radius 2 is 1.73 bits per heavy atom. The Hall–Kier alpha value is -2.82. The fourth-order valence-corrected chi connectivity index (χ4v) is 2.17. The third-order valence-electron chi connectivity index (χ3n) is 3.27. The molecule has 114 valence electrons. The zero-order valence-electron chi connectivity index (χ0n) is 12.2. The molecule has 5 nitrogen and oxygen atoms in total. The molecule has 0 heterocycles. The van der Waals surface area contributed by atoms with E-state index in [0.717, 1.165) is 0 Å². The van der Waals surface area contributed by atoms with Crippen LogP contribution in [0.3, 0.4) is 0 Å². The van der Waals surface area contributed by atoms with E-state index in [1.807, 2.05) is 0 Å². The van der Waals surface area contributed by atoms with Crippen LogP contribution in [0.2, 0.25) is 0 Å². The molecule has 0 fully saturated rings. The molecule has 2 N–H and O–H groups in total. The number of carbonyl (C=O) groups excluding carboxylic acids is 1. The number of benzene rings is 2. The van der Waals surface area contributed by atoms with Gasteiger partial charge in [-0.15, -0.1) is 0 Å². The van der Waals surface area contributed by atoms with Crippen molar-refractivity contribution in [1.29, 1.82) is 0 Å².